The molecule has 0 aromatic heterocycles. The van der Waals surface area contributed by atoms with Crippen LogP contribution in [0.15, 0.2) is 68.4 Å². The van der Waals surface area contributed by atoms with Gasteiger partial charge in [0.2, 0.25) is 0 Å². The fourth-order valence-corrected chi connectivity index (χ4v) is 9.56. The number of carboxylic acid groups (broad SMARTS) is 2. The zero-order chi connectivity index (χ0) is 68.1. The molecule has 6 N–H and O–H groups in total. The number of aliphatic carboxylic acids is 2. The van der Waals surface area contributed by atoms with Crippen LogP contribution < -0.4 is 154 Å². The van der Waals surface area contributed by atoms with Crippen molar-refractivity contribution in [3.05, 3.63) is 68.4 Å². The summed E-state index contributed by atoms with van der Waals surface area (Å²) in [6.45, 7) is 45.9. The molecular formula is C68H117K3O19. The number of allylic oxidation sites excluding steroid dienone is 3. The number of hydrogen-bond donors (Lipinski definition) is 6. The van der Waals surface area contributed by atoms with Gasteiger partial charge in [0.25, 0.3) is 0 Å². The van der Waals surface area contributed by atoms with Crippen molar-refractivity contribution in [1.82, 2.24) is 0 Å². The first kappa shape index (κ1) is 96.3. The largest absolute Gasteiger partial charge is 1.00 e. The van der Waals surface area contributed by atoms with Gasteiger partial charge in [0.05, 0.1) is 75.3 Å². The number of hydrogen-bond acceptors (Lipinski definition) is 17. The Kier molecular flexibility index (Phi) is 47.9. The van der Waals surface area contributed by atoms with Crippen LogP contribution in [-0.4, -0.2) is 154 Å². The molecule has 5 rings (SSSR count). The number of ether oxygens (including phenoxy) is 7. The third-order valence-electron chi connectivity index (χ3n) is 18.5. The van der Waals surface area contributed by atoms with E-state index in [1.54, 1.807) is 46.8 Å². The predicted molar refractivity (Wildman–Crippen MR) is 339 cm³/mol. The Hall–Kier alpha value is -0.111. The number of carboxylic acids is 2. The minimum Gasteiger partial charge on any atom is -1.00 e. The van der Waals surface area contributed by atoms with E-state index in [9.17, 15) is 44.1 Å². The zero-order valence-electron chi connectivity index (χ0n) is 63.6. The van der Waals surface area contributed by atoms with Crippen molar-refractivity contribution in [1.29, 1.82) is 0 Å². The van der Waals surface area contributed by atoms with Gasteiger partial charge in [-0.1, -0.05) is 95.8 Å². The molecule has 5 aliphatic rings. The average molecular weight is 1360 g/mol. The number of methoxy groups -OCH3 is 2. The Bertz CT molecular complexity index is 2360. The van der Waals surface area contributed by atoms with Gasteiger partial charge in [-0.05, 0) is 104 Å². The molecule has 22 heteroatoms. The van der Waals surface area contributed by atoms with Crippen LogP contribution in [0.2, 0.25) is 0 Å². The van der Waals surface area contributed by atoms with Gasteiger partial charge in [-0.3, -0.25) is 0 Å². The van der Waals surface area contributed by atoms with E-state index in [0.717, 1.165) is 33.9 Å². The smallest absolute Gasteiger partial charge is 1.00 e. The SMILES string of the molecule is C/C(=C/C(=O)O)C(C)C(C)O.CC(C)=C(C[C@@H]1C[C@H](O)C(C)(C)C(C)O1)C(=O)O.CC1=CC(=O)OC(C)C1C.CC1=CC(=O)OC(C)C1C.COC(=O)C(C[C@@H]1C[C@H](O)C(C)(C)C(C)O1)=C(C)C.COC(=O)C(C[C@@H]1C[C@H](O)C(C)(C)C(C)O1)=C(C)C.[H-].[H-].[H-].[K+].[K+].[K+]. The molecule has 90 heavy (non-hydrogen) atoms. The van der Waals surface area contributed by atoms with Crippen LogP contribution in [0.5, 0.6) is 0 Å². The Morgan fingerprint density at radius 2 is 0.822 bits per heavy atom. The second kappa shape index (κ2) is 44.7. The second-order valence-electron chi connectivity index (χ2n) is 26.6. The van der Waals surface area contributed by atoms with Crippen LogP contribution in [0.1, 0.15) is 209 Å². The molecule has 0 aliphatic carbocycles. The summed E-state index contributed by atoms with van der Waals surface area (Å²) in [4.78, 5) is 66.2. The first-order valence-corrected chi connectivity index (χ1v) is 30.5. The number of carbonyl (C=O) groups excluding carboxylic acids is 4. The standard InChI is InChI=1S/2C15H26O4.C14H24O4.C8H14O3.2C8H12O2.3K.3H/c2*1-9(2)12(14(17)18-6)7-11-8-13(16)15(4,5)10(3)19-11;1-8(2)11(13(16)17)6-10-7-12(15)14(4,5)9(3)18-10;1-5(4-8(10)11)6(2)7(3)9;2*1-5-4-8(9)10-7(3)6(5)2;;;;;;/h2*10-11,13,16H,7-8H2,1-6H3;9-10,12,15H,6-7H2,1-5H3,(H,16,17);4,6-7,9H,1-3H3,(H,10,11);2*4,6-7H,1-3H3;;;;;;/q;;;;;;3*+1;3*-1/b;;;5-4-;;;;;;;;/t2*10?,11-,13+;9?,10-,12+;;;;;;;;;/m111........./s1. The molecule has 3 saturated heterocycles. The Labute approximate surface area is 672 Å². The van der Waals surface area contributed by atoms with Crippen LogP contribution in [0.3, 0.4) is 0 Å². The molecule has 0 aromatic carbocycles. The number of aliphatic hydroxyl groups is 4. The Morgan fingerprint density at radius 3 is 1.02 bits per heavy atom. The van der Waals surface area contributed by atoms with Gasteiger partial charge in [-0.2, -0.15) is 0 Å². The zero-order valence-corrected chi connectivity index (χ0v) is 70.0. The van der Waals surface area contributed by atoms with Gasteiger partial charge < -0.3 is 68.1 Å². The number of carbonyl (C=O) groups is 6. The van der Waals surface area contributed by atoms with Crippen molar-refractivity contribution >= 4 is 35.8 Å². The van der Waals surface area contributed by atoms with Gasteiger partial charge in [0, 0.05) is 107 Å². The quantitative estimate of drug-likeness (QED) is 0.0709. The summed E-state index contributed by atoms with van der Waals surface area (Å²) in [6, 6.07) is 0. The predicted octanol–water partition coefficient (Wildman–Crippen LogP) is 2.67. The molecule has 9 unspecified atom stereocenters. The molecule has 5 aliphatic heterocycles. The van der Waals surface area contributed by atoms with Crippen molar-refractivity contribution in [2.45, 2.75) is 278 Å². The van der Waals surface area contributed by atoms with Crippen molar-refractivity contribution < 1.29 is 251 Å². The summed E-state index contributed by atoms with van der Waals surface area (Å²) in [5.74, 6) is -2.24. The fraction of sp³-hybridized carbons (Fsp3) is 0.735. The van der Waals surface area contributed by atoms with Gasteiger partial charge in [-0.25, -0.2) is 28.8 Å². The second-order valence-corrected chi connectivity index (χ2v) is 26.6. The van der Waals surface area contributed by atoms with Crippen molar-refractivity contribution in [3.8, 4) is 0 Å². The number of rotatable bonds is 12. The Balaban J connectivity index is -0.000000192. The van der Waals surface area contributed by atoms with Crippen molar-refractivity contribution in [3.63, 3.8) is 0 Å². The van der Waals surface area contributed by atoms with Crippen LogP contribution in [0.25, 0.3) is 0 Å². The summed E-state index contributed by atoms with van der Waals surface area (Å²) in [5.41, 5.74) is 6.45. The Morgan fingerprint density at radius 1 is 0.556 bits per heavy atom. The normalized spacial score (nSPS) is 28.2. The van der Waals surface area contributed by atoms with E-state index >= 15 is 0 Å². The fourth-order valence-electron chi connectivity index (χ4n) is 9.56. The van der Waals surface area contributed by atoms with Gasteiger partial charge in [0.1, 0.15) is 12.2 Å². The molecule has 0 radical (unpaired) electrons. The topological polar surface area (TPSA) is 288 Å². The van der Waals surface area contributed by atoms with Crippen LogP contribution in [-0.2, 0) is 61.9 Å². The summed E-state index contributed by atoms with van der Waals surface area (Å²) in [6.07, 6.45) is 4.79. The molecule has 506 valence electrons. The molecule has 15 atom stereocenters. The maximum absolute atomic E-state index is 11.7. The summed E-state index contributed by atoms with van der Waals surface area (Å²) in [7, 11) is 2.77. The molecule has 19 nitrogen and oxygen atoms in total. The van der Waals surface area contributed by atoms with E-state index in [1.165, 1.54) is 14.2 Å². The average Bonchev–Trinajstić information content (AvgIpc) is 0.893. The van der Waals surface area contributed by atoms with Crippen LogP contribution in [0, 0.1) is 34.0 Å². The van der Waals surface area contributed by atoms with Gasteiger partial charge >= 0.3 is 190 Å². The summed E-state index contributed by atoms with van der Waals surface area (Å²) < 4.78 is 37.2. The van der Waals surface area contributed by atoms with Gasteiger partial charge in [-0.15, -0.1) is 0 Å². The number of aliphatic hydroxyl groups excluding tert-OH is 4. The molecule has 5 heterocycles. The first-order valence-electron chi connectivity index (χ1n) is 30.5. The van der Waals surface area contributed by atoms with Gasteiger partial charge in [0.15, 0.2) is 0 Å². The minimum atomic E-state index is -0.963. The third kappa shape index (κ3) is 32.0. The number of cyclic esters (lactones) is 2. The van der Waals surface area contributed by atoms with E-state index in [4.69, 9.17) is 48.5 Å². The van der Waals surface area contributed by atoms with E-state index in [1.807, 2.05) is 118 Å². The van der Waals surface area contributed by atoms with Crippen molar-refractivity contribution in [2.24, 2.45) is 34.0 Å². The van der Waals surface area contributed by atoms with Crippen LogP contribution >= 0.6 is 0 Å². The monoisotopic (exact) mass is 1350 g/mol. The molecule has 0 amide bonds. The molecule has 0 bridgehead atoms. The third-order valence-corrected chi connectivity index (χ3v) is 18.5. The van der Waals surface area contributed by atoms with Crippen molar-refractivity contribution in [2.75, 3.05) is 14.2 Å². The maximum atomic E-state index is 11.7. The molecule has 3 fully saturated rings. The van der Waals surface area contributed by atoms with E-state index in [2.05, 4.69) is 13.8 Å². The summed E-state index contributed by atoms with van der Waals surface area (Å²) in [5, 5.41) is 57.1. The van der Waals surface area contributed by atoms with E-state index in [0.29, 0.717) is 72.7 Å². The van der Waals surface area contributed by atoms with Crippen LogP contribution in [0.4, 0.5) is 0 Å². The first-order chi connectivity index (χ1) is 39.7. The maximum Gasteiger partial charge on any atom is 1.00 e. The molecular weight excluding hydrogens is 1240 g/mol. The van der Waals surface area contributed by atoms with E-state index < -0.39 is 36.4 Å². The number of esters is 4. The molecule has 0 spiro atoms. The minimum absolute atomic E-state index is 0. The summed E-state index contributed by atoms with van der Waals surface area (Å²) >= 11 is 0. The molecule has 0 saturated carbocycles. The van der Waals surface area contributed by atoms with E-state index in [-0.39, 0.29) is 253 Å². The molecule has 0 aromatic rings.